The molecule has 0 saturated heterocycles. The van der Waals surface area contributed by atoms with Crippen molar-refractivity contribution in [3.8, 4) is 0 Å². The fourth-order valence-electron chi connectivity index (χ4n) is 2.85. The molecule has 2 N–H and O–H groups in total. The zero-order valence-corrected chi connectivity index (χ0v) is 14.9. The summed E-state index contributed by atoms with van der Waals surface area (Å²) in [6, 6.07) is 0.422. The number of hydrogen-bond donors (Lipinski definition) is 2. The molecule has 1 heterocycles. The Morgan fingerprint density at radius 1 is 1.38 bits per heavy atom. The molecule has 1 aromatic heterocycles. The summed E-state index contributed by atoms with van der Waals surface area (Å²) in [6.45, 7) is 8.73. The molecule has 1 saturated carbocycles. The van der Waals surface area contributed by atoms with Gasteiger partial charge in [-0.3, -0.25) is 0 Å². The van der Waals surface area contributed by atoms with Gasteiger partial charge in [0.1, 0.15) is 4.90 Å². The van der Waals surface area contributed by atoms with E-state index in [-0.39, 0.29) is 6.04 Å². The fraction of sp³-hybridized carbons (Fsp3) is 0.733. The van der Waals surface area contributed by atoms with E-state index in [1.165, 1.54) is 11.3 Å². The van der Waals surface area contributed by atoms with E-state index in [0.717, 1.165) is 29.7 Å². The second-order valence-electron chi connectivity index (χ2n) is 6.34. The van der Waals surface area contributed by atoms with Crippen molar-refractivity contribution in [3.63, 3.8) is 0 Å². The van der Waals surface area contributed by atoms with Gasteiger partial charge in [-0.25, -0.2) is 13.1 Å². The summed E-state index contributed by atoms with van der Waals surface area (Å²) in [4.78, 5) is 1.39. The van der Waals surface area contributed by atoms with E-state index < -0.39 is 10.0 Å². The fourth-order valence-corrected chi connectivity index (χ4v) is 5.99. The van der Waals surface area contributed by atoms with Crippen LogP contribution in [0.3, 0.4) is 0 Å². The van der Waals surface area contributed by atoms with Gasteiger partial charge in [0.05, 0.1) is 0 Å². The highest BCUT2D eigenvalue weighted by molar-refractivity contribution is 7.89. The third kappa shape index (κ3) is 4.06. The monoisotopic (exact) mass is 330 g/mol. The molecule has 2 atom stereocenters. The van der Waals surface area contributed by atoms with Crippen LogP contribution in [-0.2, 0) is 16.6 Å². The van der Waals surface area contributed by atoms with Crippen molar-refractivity contribution in [2.45, 2.75) is 70.5 Å². The number of rotatable bonds is 6. The van der Waals surface area contributed by atoms with Crippen LogP contribution >= 0.6 is 11.3 Å². The molecule has 120 valence electrons. The van der Waals surface area contributed by atoms with Gasteiger partial charge in [0.2, 0.25) is 10.0 Å². The zero-order valence-electron chi connectivity index (χ0n) is 13.3. The summed E-state index contributed by atoms with van der Waals surface area (Å²) < 4.78 is 28.4. The van der Waals surface area contributed by atoms with Gasteiger partial charge in [-0.05, 0) is 36.6 Å². The summed E-state index contributed by atoms with van der Waals surface area (Å²) in [6.07, 6.45) is 3.17. The number of sulfonamides is 1. The van der Waals surface area contributed by atoms with Gasteiger partial charge in [-0.1, -0.05) is 27.2 Å². The molecule has 6 heteroatoms. The first-order valence-electron chi connectivity index (χ1n) is 7.64. The van der Waals surface area contributed by atoms with Gasteiger partial charge in [0.15, 0.2) is 0 Å². The van der Waals surface area contributed by atoms with Crippen LogP contribution in [0.4, 0.5) is 0 Å². The Balaban J connectivity index is 2.20. The number of hydrogen-bond acceptors (Lipinski definition) is 4. The molecule has 1 aliphatic rings. The maximum absolute atomic E-state index is 12.7. The standard InChI is InChI=1S/C15H26N2O2S2/c1-10(2)16-8-14-15(12(4)9-20-14)21(18,19)17-13-7-5-6-11(13)3/h9-11,13,16-17H,5-8H2,1-4H3. The van der Waals surface area contributed by atoms with Gasteiger partial charge in [0, 0.05) is 23.5 Å². The largest absolute Gasteiger partial charge is 0.310 e. The molecule has 2 rings (SSSR count). The maximum atomic E-state index is 12.7. The molecule has 21 heavy (non-hydrogen) atoms. The predicted octanol–water partition coefficient (Wildman–Crippen LogP) is 3.02. The first-order chi connectivity index (χ1) is 9.81. The quantitative estimate of drug-likeness (QED) is 0.843. The summed E-state index contributed by atoms with van der Waals surface area (Å²) in [5.74, 6) is 0.427. The Kier molecular flexibility index (Phi) is 5.46. The van der Waals surface area contributed by atoms with Crippen LogP contribution in [0.1, 0.15) is 50.5 Å². The van der Waals surface area contributed by atoms with E-state index in [2.05, 4.69) is 30.8 Å². The SMILES string of the molecule is Cc1csc(CNC(C)C)c1S(=O)(=O)NC1CCCC1C. The molecule has 0 amide bonds. The van der Waals surface area contributed by atoms with E-state index in [0.29, 0.717) is 23.4 Å². The minimum atomic E-state index is -3.42. The van der Waals surface area contributed by atoms with Crippen LogP contribution < -0.4 is 10.0 Å². The van der Waals surface area contributed by atoms with Crippen molar-refractivity contribution < 1.29 is 8.42 Å². The summed E-state index contributed by atoms with van der Waals surface area (Å²) in [7, 11) is -3.42. The molecule has 0 radical (unpaired) electrons. The average molecular weight is 331 g/mol. The van der Waals surface area contributed by atoms with Crippen LogP contribution in [0.15, 0.2) is 10.3 Å². The lowest BCUT2D eigenvalue weighted by atomic mass is 10.1. The Labute approximate surface area is 132 Å². The Bertz CT molecular complexity index is 578. The molecule has 2 unspecified atom stereocenters. The lowest BCUT2D eigenvalue weighted by molar-refractivity contribution is 0.476. The molecular formula is C15H26N2O2S2. The Morgan fingerprint density at radius 2 is 2.10 bits per heavy atom. The van der Waals surface area contributed by atoms with Crippen molar-refractivity contribution in [1.82, 2.24) is 10.0 Å². The normalized spacial score (nSPS) is 23.1. The van der Waals surface area contributed by atoms with E-state index in [1.54, 1.807) is 0 Å². The minimum Gasteiger partial charge on any atom is -0.310 e. The number of aryl methyl sites for hydroxylation is 1. The molecule has 0 aromatic carbocycles. The highest BCUT2D eigenvalue weighted by atomic mass is 32.2. The summed E-state index contributed by atoms with van der Waals surface area (Å²) in [5.41, 5.74) is 0.846. The van der Waals surface area contributed by atoms with Crippen molar-refractivity contribution in [2.24, 2.45) is 5.92 Å². The molecule has 0 spiro atoms. The Morgan fingerprint density at radius 3 is 2.67 bits per heavy atom. The highest BCUT2D eigenvalue weighted by Crippen LogP contribution is 2.30. The third-order valence-electron chi connectivity index (χ3n) is 4.10. The van der Waals surface area contributed by atoms with Crippen LogP contribution in [0.2, 0.25) is 0 Å². The molecule has 0 bridgehead atoms. The van der Waals surface area contributed by atoms with E-state index >= 15 is 0 Å². The zero-order chi connectivity index (χ0) is 15.6. The van der Waals surface area contributed by atoms with Crippen molar-refractivity contribution >= 4 is 21.4 Å². The number of nitrogens with one attached hydrogen (secondary N) is 2. The molecule has 1 aliphatic carbocycles. The molecular weight excluding hydrogens is 304 g/mol. The van der Waals surface area contributed by atoms with E-state index in [1.807, 2.05) is 12.3 Å². The van der Waals surface area contributed by atoms with E-state index in [9.17, 15) is 8.42 Å². The Hall–Kier alpha value is -0.430. The number of thiophene rings is 1. The first kappa shape index (κ1) is 16.9. The maximum Gasteiger partial charge on any atom is 0.242 e. The van der Waals surface area contributed by atoms with Crippen molar-refractivity contribution in [1.29, 1.82) is 0 Å². The van der Waals surface area contributed by atoms with Crippen molar-refractivity contribution in [3.05, 3.63) is 15.8 Å². The second-order valence-corrected chi connectivity index (χ2v) is 8.96. The van der Waals surface area contributed by atoms with E-state index in [4.69, 9.17) is 0 Å². The first-order valence-corrected chi connectivity index (χ1v) is 10.00. The average Bonchev–Trinajstić information content (AvgIpc) is 2.94. The molecule has 1 aromatic rings. The lowest BCUT2D eigenvalue weighted by Crippen LogP contribution is -2.37. The van der Waals surface area contributed by atoms with Gasteiger partial charge in [-0.15, -0.1) is 11.3 Å². The van der Waals surface area contributed by atoms with Crippen LogP contribution in [-0.4, -0.2) is 20.5 Å². The smallest absolute Gasteiger partial charge is 0.242 e. The third-order valence-corrected chi connectivity index (χ3v) is 7.05. The van der Waals surface area contributed by atoms with Gasteiger partial charge in [-0.2, -0.15) is 0 Å². The molecule has 1 fully saturated rings. The van der Waals surface area contributed by atoms with Crippen LogP contribution in [0.5, 0.6) is 0 Å². The van der Waals surface area contributed by atoms with Gasteiger partial charge < -0.3 is 5.32 Å². The molecule has 0 aliphatic heterocycles. The summed E-state index contributed by atoms with van der Waals surface area (Å²) >= 11 is 1.52. The predicted molar refractivity (Wildman–Crippen MR) is 88.2 cm³/mol. The van der Waals surface area contributed by atoms with Crippen molar-refractivity contribution in [2.75, 3.05) is 0 Å². The second kappa shape index (κ2) is 6.77. The molecule has 4 nitrogen and oxygen atoms in total. The lowest BCUT2D eigenvalue weighted by Gasteiger charge is -2.18. The summed E-state index contributed by atoms with van der Waals surface area (Å²) in [5, 5.41) is 5.24. The minimum absolute atomic E-state index is 0.0835. The van der Waals surface area contributed by atoms with Crippen LogP contribution in [0.25, 0.3) is 0 Å². The van der Waals surface area contributed by atoms with Crippen LogP contribution in [0, 0.1) is 12.8 Å². The van der Waals surface area contributed by atoms with Gasteiger partial charge >= 0.3 is 0 Å². The highest BCUT2D eigenvalue weighted by Gasteiger charge is 2.30. The van der Waals surface area contributed by atoms with Gasteiger partial charge in [0.25, 0.3) is 0 Å². The topological polar surface area (TPSA) is 58.2 Å².